The van der Waals surface area contributed by atoms with E-state index in [4.69, 9.17) is 10.5 Å². The van der Waals surface area contributed by atoms with Crippen LogP contribution in [-0.4, -0.2) is 60.6 Å². The minimum Gasteiger partial charge on any atom is -0.368 e. The monoisotopic (exact) mass is 352 g/mol. The summed E-state index contributed by atoms with van der Waals surface area (Å²) < 4.78 is 5.89. The van der Waals surface area contributed by atoms with E-state index in [1.165, 1.54) is 4.90 Å². The Morgan fingerprint density at radius 2 is 2.04 bits per heavy atom. The van der Waals surface area contributed by atoms with Crippen molar-refractivity contribution in [3.8, 4) is 0 Å². The molecular formula is C17H28N4O4. The molecule has 3 fully saturated rings. The molecule has 1 saturated carbocycles. The number of carbonyl (C=O) groups excluding carboxylic acids is 3. The third-order valence-electron chi connectivity index (χ3n) is 6.03. The van der Waals surface area contributed by atoms with Gasteiger partial charge < -0.3 is 26.0 Å². The van der Waals surface area contributed by atoms with Gasteiger partial charge in [0.2, 0.25) is 17.7 Å². The molecule has 4 N–H and O–H groups in total. The SMILES string of the molecule is CN[C@@H](C)C(=O)N[C@H]1CCOC2CC3(CCCC3)C(C(N)=O)N2C1=O. The molecule has 2 unspecified atom stereocenters. The van der Waals surface area contributed by atoms with Crippen LogP contribution in [0.2, 0.25) is 0 Å². The van der Waals surface area contributed by atoms with E-state index in [0.717, 1.165) is 25.7 Å². The first kappa shape index (κ1) is 18.1. The zero-order valence-corrected chi connectivity index (χ0v) is 14.9. The van der Waals surface area contributed by atoms with Crippen LogP contribution >= 0.6 is 0 Å². The van der Waals surface area contributed by atoms with E-state index >= 15 is 0 Å². The Bertz CT molecular complexity index is 561. The predicted octanol–water partition coefficient (Wildman–Crippen LogP) is -0.528. The molecule has 1 aliphatic carbocycles. The Balaban J connectivity index is 1.84. The Kier molecular flexibility index (Phi) is 5.02. The summed E-state index contributed by atoms with van der Waals surface area (Å²) in [4.78, 5) is 39.1. The van der Waals surface area contributed by atoms with Gasteiger partial charge in [0.25, 0.3) is 0 Å². The standard InChI is InChI=1S/C17H28N4O4/c1-10(19-2)15(23)20-11-5-8-25-12-9-17(6-3-4-7-17)13(14(18)22)21(12)16(11)24/h10-13,19H,3-9H2,1-2H3,(H2,18,22)(H,20,23)/t10-,11-,12?,13?/m0/s1. The number of fused-ring (bicyclic) bond motifs is 1. The molecule has 25 heavy (non-hydrogen) atoms. The Morgan fingerprint density at radius 3 is 2.64 bits per heavy atom. The maximum atomic E-state index is 13.1. The predicted molar refractivity (Wildman–Crippen MR) is 90.2 cm³/mol. The first-order chi connectivity index (χ1) is 11.9. The Labute approximate surface area is 147 Å². The zero-order chi connectivity index (χ0) is 18.2. The summed E-state index contributed by atoms with van der Waals surface area (Å²) in [5, 5.41) is 5.64. The molecule has 1 spiro atoms. The highest BCUT2D eigenvalue weighted by molar-refractivity contribution is 5.93. The van der Waals surface area contributed by atoms with Crippen molar-refractivity contribution in [3.63, 3.8) is 0 Å². The molecule has 2 aliphatic heterocycles. The summed E-state index contributed by atoms with van der Waals surface area (Å²) in [5.41, 5.74) is 5.44. The fourth-order valence-corrected chi connectivity index (χ4v) is 4.61. The summed E-state index contributed by atoms with van der Waals surface area (Å²) >= 11 is 0. The van der Waals surface area contributed by atoms with Crippen LogP contribution in [0.3, 0.4) is 0 Å². The molecule has 8 heteroatoms. The fourth-order valence-electron chi connectivity index (χ4n) is 4.61. The second-order valence-corrected chi connectivity index (χ2v) is 7.51. The third kappa shape index (κ3) is 3.13. The van der Waals surface area contributed by atoms with Gasteiger partial charge in [-0.2, -0.15) is 0 Å². The van der Waals surface area contributed by atoms with Gasteiger partial charge >= 0.3 is 0 Å². The summed E-state index contributed by atoms with van der Waals surface area (Å²) in [5.74, 6) is -0.978. The molecule has 0 radical (unpaired) electrons. The van der Waals surface area contributed by atoms with E-state index in [1.54, 1.807) is 14.0 Å². The van der Waals surface area contributed by atoms with Gasteiger partial charge in [0.1, 0.15) is 18.3 Å². The lowest BCUT2D eigenvalue weighted by molar-refractivity contribution is -0.149. The lowest BCUT2D eigenvalue weighted by Gasteiger charge is -2.34. The molecule has 4 atom stereocenters. The number of carbonyl (C=O) groups is 3. The molecule has 0 aromatic rings. The van der Waals surface area contributed by atoms with Crippen molar-refractivity contribution in [2.24, 2.45) is 11.1 Å². The summed E-state index contributed by atoms with van der Waals surface area (Å²) in [7, 11) is 1.69. The molecule has 140 valence electrons. The van der Waals surface area contributed by atoms with Crippen molar-refractivity contribution in [3.05, 3.63) is 0 Å². The maximum absolute atomic E-state index is 13.1. The first-order valence-corrected chi connectivity index (χ1v) is 9.10. The molecule has 0 bridgehead atoms. The molecule has 2 saturated heterocycles. The highest BCUT2D eigenvalue weighted by Gasteiger charge is 2.59. The van der Waals surface area contributed by atoms with E-state index in [1.807, 2.05) is 0 Å². The minimum atomic E-state index is -0.688. The number of nitrogens with two attached hydrogens (primary N) is 1. The summed E-state index contributed by atoms with van der Waals surface area (Å²) in [6.45, 7) is 2.10. The van der Waals surface area contributed by atoms with Gasteiger partial charge in [-0.1, -0.05) is 12.8 Å². The average Bonchev–Trinajstić information content (AvgIpc) is 3.13. The van der Waals surface area contributed by atoms with Crippen LogP contribution in [0.15, 0.2) is 0 Å². The number of hydrogen-bond donors (Lipinski definition) is 3. The second-order valence-electron chi connectivity index (χ2n) is 7.51. The van der Waals surface area contributed by atoms with Gasteiger partial charge in [-0.05, 0) is 26.8 Å². The summed E-state index contributed by atoms with van der Waals surface area (Å²) in [6, 6.07) is -1.74. The fraction of sp³-hybridized carbons (Fsp3) is 0.824. The quantitative estimate of drug-likeness (QED) is 0.629. The topological polar surface area (TPSA) is 114 Å². The number of primary amides is 1. The largest absolute Gasteiger partial charge is 0.368 e. The third-order valence-corrected chi connectivity index (χ3v) is 6.03. The van der Waals surface area contributed by atoms with Crippen LogP contribution in [0.4, 0.5) is 0 Å². The Morgan fingerprint density at radius 1 is 1.36 bits per heavy atom. The number of amides is 3. The van der Waals surface area contributed by atoms with Crippen LogP contribution in [0.25, 0.3) is 0 Å². The second kappa shape index (κ2) is 6.92. The van der Waals surface area contributed by atoms with E-state index in [-0.39, 0.29) is 17.2 Å². The lowest BCUT2D eigenvalue weighted by Crippen LogP contribution is -2.57. The number of nitrogens with zero attached hydrogens (tertiary/aromatic N) is 1. The van der Waals surface area contributed by atoms with E-state index < -0.39 is 30.3 Å². The number of rotatable bonds is 4. The van der Waals surface area contributed by atoms with Crippen LogP contribution < -0.4 is 16.4 Å². The van der Waals surface area contributed by atoms with Gasteiger partial charge in [0, 0.05) is 18.3 Å². The van der Waals surface area contributed by atoms with E-state index in [0.29, 0.717) is 19.4 Å². The summed E-state index contributed by atoms with van der Waals surface area (Å²) in [6.07, 6.45) is 4.48. The van der Waals surface area contributed by atoms with Crippen molar-refractivity contribution in [1.82, 2.24) is 15.5 Å². The molecular weight excluding hydrogens is 324 g/mol. The van der Waals surface area contributed by atoms with Gasteiger partial charge in [0.15, 0.2) is 0 Å². The van der Waals surface area contributed by atoms with Crippen molar-refractivity contribution in [1.29, 1.82) is 0 Å². The zero-order valence-electron chi connectivity index (χ0n) is 14.9. The average molecular weight is 352 g/mol. The number of likely N-dealkylation sites (N-methyl/N-ethyl adjacent to an activating group) is 1. The highest BCUT2D eigenvalue weighted by Crippen LogP contribution is 2.52. The lowest BCUT2D eigenvalue weighted by atomic mass is 9.78. The minimum absolute atomic E-state index is 0.246. The molecule has 3 rings (SSSR count). The molecule has 3 amide bonds. The molecule has 8 nitrogen and oxygen atoms in total. The highest BCUT2D eigenvalue weighted by atomic mass is 16.5. The van der Waals surface area contributed by atoms with Crippen molar-refractivity contribution >= 4 is 17.7 Å². The van der Waals surface area contributed by atoms with Gasteiger partial charge in [-0.3, -0.25) is 14.4 Å². The van der Waals surface area contributed by atoms with Crippen LogP contribution in [0, 0.1) is 5.41 Å². The van der Waals surface area contributed by atoms with Crippen molar-refractivity contribution in [2.75, 3.05) is 13.7 Å². The molecule has 3 aliphatic rings. The van der Waals surface area contributed by atoms with Crippen LogP contribution in [-0.2, 0) is 19.1 Å². The van der Waals surface area contributed by atoms with Crippen molar-refractivity contribution < 1.29 is 19.1 Å². The van der Waals surface area contributed by atoms with Crippen LogP contribution in [0.1, 0.15) is 45.4 Å². The molecule has 0 aromatic carbocycles. The van der Waals surface area contributed by atoms with Gasteiger partial charge in [-0.15, -0.1) is 0 Å². The van der Waals surface area contributed by atoms with Gasteiger partial charge in [-0.25, -0.2) is 0 Å². The van der Waals surface area contributed by atoms with E-state index in [9.17, 15) is 14.4 Å². The molecule has 2 heterocycles. The number of hydrogen-bond acceptors (Lipinski definition) is 5. The maximum Gasteiger partial charge on any atom is 0.247 e. The van der Waals surface area contributed by atoms with Gasteiger partial charge in [0.05, 0.1) is 12.6 Å². The number of ether oxygens (including phenoxy) is 1. The van der Waals surface area contributed by atoms with Crippen molar-refractivity contribution in [2.45, 2.75) is 69.8 Å². The first-order valence-electron chi connectivity index (χ1n) is 9.10. The smallest absolute Gasteiger partial charge is 0.247 e. The molecule has 0 aromatic heterocycles. The van der Waals surface area contributed by atoms with E-state index in [2.05, 4.69) is 10.6 Å². The number of nitrogens with one attached hydrogen (secondary N) is 2. The van der Waals surface area contributed by atoms with Crippen LogP contribution in [0.5, 0.6) is 0 Å². The normalized spacial score (nSPS) is 32.3. The Hall–Kier alpha value is -1.67.